The van der Waals surface area contributed by atoms with Gasteiger partial charge in [0.2, 0.25) is 0 Å². The highest BCUT2D eigenvalue weighted by molar-refractivity contribution is 5.72. The van der Waals surface area contributed by atoms with Gasteiger partial charge in [0.15, 0.2) is 11.5 Å². The van der Waals surface area contributed by atoms with Crippen LogP contribution in [-0.4, -0.2) is 40.2 Å². The zero-order valence-corrected chi connectivity index (χ0v) is 13.6. The molecule has 3 rings (SSSR count). The summed E-state index contributed by atoms with van der Waals surface area (Å²) in [5.74, 6) is 1.28. The van der Waals surface area contributed by atoms with Crippen LogP contribution in [-0.2, 0) is 0 Å². The number of likely N-dealkylation sites (tertiary alicyclic amines) is 1. The minimum atomic E-state index is -0.537. The Kier molecular flexibility index (Phi) is 4.50. The molecule has 0 bridgehead atoms. The number of para-hydroxylation sites is 2. The highest BCUT2D eigenvalue weighted by Gasteiger charge is 2.30. The van der Waals surface area contributed by atoms with Crippen LogP contribution in [0, 0.1) is 0 Å². The number of rotatable bonds is 5. The summed E-state index contributed by atoms with van der Waals surface area (Å²) < 4.78 is 5.91. The molecule has 1 fully saturated rings. The van der Waals surface area contributed by atoms with E-state index in [1.165, 1.54) is 0 Å². The summed E-state index contributed by atoms with van der Waals surface area (Å²) >= 11 is 0. The van der Waals surface area contributed by atoms with E-state index in [2.05, 4.69) is 23.7 Å². The predicted molar refractivity (Wildman–Crippen MR) is 88.0 cm³/mol. The Bertz CT molecular complexity index is 577. The molecule has 4 heteroatoms. The van der Waals surface area contributed by atoms with Crippen molar-refractivity contribution in [3.05, 3.63) is 30.2 Å². The van der Waals surface area contributed by atoms with Crippen molar-refractivity contribution in [2.24, 2.45) is 0 Å². The largest absolute Gasteiger partial charge is 0.440 e. The van der Waals surface area contributed by atoms with E-state index < -0.39 is 5.60 Å². The van der Waals surface area contributed by atoms with Gasteiger partial charge in [-0.15, -0.1) is 0 Å². The fourth-order valence-electron chi connectivity index (χ4n) is 3.29. The number of piperidine rings is 1. The first-order valence-electron chi connectivity index (χ1n) is 8.44. The topological polar surface area (TPSA) is 49.5 Å². The van der Waals surface area contributed by atoms with Gasteiger partial charge in [0, 0.05) is 12.5 Å². The lowest BCUT2D eigenvalue weighted by Crippen LogP contribution is -2.45. The number of β-amino-alcohol motifs (C(OH)–C–C–N with tert-alkyl or cyclic N) is 1. The molecule has 0 radical (unpaired) electrons. The molecule has 0 unspecified atom stereocenters. The standard InChI is InChI=1S/C18H26N2O2/c1-3-18(21,4-2)13-20-11-9-14(10-12-20)17-19-15-7-5-6-8-16(15)22-17/h5-8,14,21H,3-4,9-13H2,1-2H3. The molecule has 0 amide bonds. The van der Waals surface area contributed by atoms with E-state index in [0.29, 0.717) is 5.92 Å². The first kappa shape index (κ1) is 15.5. The minimum Gasteiger partial charge on any atom is -0.440 e. The summed E-state index contributed by atoms with van der Waals surface area (Å²) in [7, 11) is 0. The molecule has 4 nitrogen and oxygen atoms in total. The van der Waals surface area contributed by atoms with Crippen LogP contribution in [0.5, 0.6) is 0 Å². The van der Waals surface area contributed by atoms with E-state index in [1.54, 1.807) is 0 Å². The van der Waals surface area contributed by atoms with Crippen LogP contribution >= 0.6 is 0 Å². The molecule has 120 valence electrons. The summed E-state index contributed by atoms with van der Waals surface area (Å²) in [6.45, 7) is 6.92. The predicted octanol–water partition coefficient (Wildman–Crippen LogP) is 3.56. The second-order valence-electron chi connectivity index (χ2n) is 6.50. The van der Waals surface area contributed by atoms with Crippen LogP contribution in [0.2, 0.25) is 0 Å². The number of oxazole rings is 1. The van der Waals surface area contributed by atoms with Gasteiger partial charge in [-0.1, -0.05) is 26.0 Å². The van der Waals surface area contributed by atoms with Crippen molar-refractivity contribution >= 4 is 11.1 Å². The molecule has 0 aliphatic carbocycles. The lowest BCUT2D eigenvalue weighted by molar-refractivity contribution is -0.00957. The average molecular weight is 302 g/mol. The summed E-state index contributed by atoms with van der Waals surface area (Å²) in [6.07, 6.45) is 3.73. The van der Waals surface area contributed by atoms with Crippen LogP contribution in [0.15, 0.2) is 28.7 Å². The zero-order valence-electron chi connectivity index (χ0n) is 13.6. The Morgan fingerprint density at radius 2 is 1.91 bits per heavy atom. The van der Waals surface area contributed by atoms with Crippen LogP contribution in [0.25, 0.3) is 11.1 Å². The first-order valence-corrected chi connectivity index (χ1v) is 8.44. The fourth-order valence-corrected chi connectivity index (χ4v) is 3.29. The van der Waals surface area contributed by atoms with Crippen molar-refractivity contribution in [2.75, 3.05) is 19.6 Å². The van der Waals surface area contributed by atoms with Gasteiger partial charge in [-0.3, -0.25) is 0 Å². The Balaban J connectivity index is 1.62. The maximum atomic E-state index is 10.5. The van der Waals surface area contributed by atoms with Gasteiger partial charge < -0.3 is 14.4 Å². The van der Waals surface area contributed by atoms with Gasteiger partial charge in [-0.05, 0) is 50.9 Å². The van der Waals surface area contributed by atoms with Crippen LogP contribution in [0.4, 0.5) is 0 Å². The SMILES string of the molecule is CCC(O)(CC)CN1CCC(c2nc3ccccc3o2)CC1. The fraction of sp³-hybridized carbons (Fsp3) is 0.611. The Morgan fingerprint density at radius 3 is 2.55 bits per heavy atom. The number of nitrogens with zero attached hydrogens (tertiary/aromatic N) is 2. The molecule has 2 heterocycles. The highest BCUT2D eigenvalue weighted by atomic mass is 16.3. The molecule has 0 saturated carbocycles. The normalized spacial score (nSPS) is 18.1. The third-order valence-electron chi connectivity index (χ3n) is 5.08. The summed E-state index contributed by atoms with van der Waals surface area (Å²) in [5, 5.41) is 10.5. The smallest absolute Gasteiger partial charge is 0.198 e. The van der Waals surface area contributed by atoms with E-state index in [-0.39, 0.29) is 0 Å². The zero-order chi connectivity index (χ0) is 15.6. The highest BCUT2D eigenvalue weighted by Crippen LogP contribution is 2.30. The Morgan fingerprint density at radius 1 is 1.23 bits per heavy atom. The first-order chi connectivity index (χ1) is 10.6. The lowest BCUT2D eigenvalue weighted by Gasteiger charge is -2.36. The van der Waals surface area contributed by atoms with E-state index in [9.17, 15) is 5.11 Å². The molecule has 22 heavy (non-hydrogen) atoms. The summed E-state index contributed by atoms with van der Waals surface area (Å²) in [5.41, 5.74) is 1.29. The molecule has 1 saturated heterocycles. The molecule has 1 N–H and O–H groups in total. The number of hydrogen-bond donors (Lipinski definition) is 1. The van der Waals surface area contributed by atoms with Gasteiger partial charge in [-0.2, -0.15) is 0 Å². The number of aliphatic hydroxyl groups is 1. The molecule has 1 aromatic carbocycles. The molecule has 1 aliphatic heterocycles. The number of fused-ring (bicyclic) bond motifs is 1. The third-order valence-corrected chi connectivity index (χ3v) is 5.08. The number of hydrogen-bond acceptors (Lipinski definition) is 4. The average Bonchev–Trinajstić information content (AvgIpc) is 2.99. The lowest BCUT2D eigenvalue weighted by atomic mass is 9.92. The quantitative estimate of drug-likeness (QED) is 0.917. The van der Waals surface area contributed by atoms with E-state index in [0.717, 1.165) is 62.3 Å². The maximum Gasteiger partial charge on any atom is 0.198 e. The van der Waals surface area contributed by atoms with Crippen molar-refractivity contribution in [2.45, 2.75) is 51.0 Å². The third kappa shape index (κ3) is 3.18. The number of aromatic nitrogens is 1. The van der Waals surface area contributed by atoms with Crippen molar-refractivity contribution in [1.29, 1.82) is 0 Å². The Labute approximate surface area is 132 Å². The van der Waals surface area contributed by atoms with Crippen LogP contribution in [0.3, 0.4) is 0 Å². The van der Waals surface area contributed by atoms with Crippen LogP contribution in [0.1, 0.15) is 51.3 Å². The molecule has 1 aromatic heterocycles. The van der Waals surface area contributed by atoms with Gasteiger partial charge in [-0.25, -0.2) is 4.98 Å². The minimum absolute atomic E-state index is 0.403. The van der Waals surface area contributed by atoms with E-state index in [1.807, 2.05) is 24.3 Å². The molecular formula is C18H26N2O2. The van der Waals surface area contributed by atoms with Crippen molar-refractivity contribution < 1.29 is 9.52 Å². The van der Waals surface area contributed by atoms with Gasteiger partial charge in [0.05, 0.1) is 5.60 Å². The molecule has 0 spiro atoms. The molecule has 2 aromatic rings. The molecule has 0 atom stereocenters. The van der Waals surface area contributed by atoms with Crippen molar-refractivity contribution in [1.82, 2.24) is 9.88 Å². The maximum absolute atomic E-state index is 10.5. The van der Waals surface area contributed by atoms with Crippen molar-refractivity contribution in [3.63, 3.8) is 0 Å². The van der Waals surface area contributed by atoms with Crippen LogP contribution < -0.4 is 0 Å². The monoisotopic (exact) mass is 302 g/mol. The second-order valence-corrected chi connectivity index (χ2v) is 6.50. The summed E-state index contributed by atoms with van der Waals surface area (Å²) in [4.78, 5) is 7.01. The molecule has 1 aliphatic rings. The Hall–Kier alpha value is -1.39. The molecular weight excluding hydrogens is 276 g/mol. The van der Waals surface area contributed by atoms with E-state index in [4.69, 9.17) is 4.42 Å². The number of benzene rings is 1. The van der Waals surface area contributed by atoms with Gasteiger partial charge >= 0.3 is 0 Å². The van der Waals surface area contributed by atoms with Gasteiger partial charge in [0.1, 0.15) is 5.52 Å². The summed E-state index contributed by atoms with van der Waals surface area (Å²) in [6, 6.07) is 7.95. The second kappa shape index (κ2) is 6.39. The van der Waals surface area contributed by atoms with E-state index >= 15 is 0 Å². The van der Waals surface area contributed by atoms with Gasteiger partial charge in [0.25, 0.3) is 0 Å². The van der Waals surface area contributed by atoms with Crippen molar-refractivity contribution in [3.8, 4) is 0 Å².